The molecule has 2 aliphatic carbocycles. The molecule has 0 bridgehead atoms. The number of methoxy groups -OCH3 is 1. The van der Waals surface area contributed by atoms with Gasteiger partial charge in [-0.15, -0.1) is 0 Å². The number of fused-ring (bicyclic) bond motifs is 1. The van der Waals surface area contributed by atoms with E-state index in [0.717, 1.165) is 60.1 Å². The lowest BCUT2D eigenvalue weighted by Gasteiger charge is -2.35. The summed E-state index contributed by atoms with van der Waals surface area (Å²) >= 11 is 0. The van der Waals surface area contributed by atoms with Crippen molar-refractivity contribution in [2.75, 3.05) is 7.11 Å². The zero-order valence-corrected chi connectivity index (χ0v) is 23.1. The number of carboxylic acid groups (broad SMARTS) is 1. The highest BCUT2D eigenvalue weighted by atomic mass is 19.1. The third-order valence-electron chi connectivity index (χ3n) is 8.40. The molecule has 1 N–H and O–H groups in total. The first-order chi connectivity index (χ1) is 18.6. The third-order valence-corrected chi connectivity index (χ3v) is 8.40. The lowest BCUT2D eigenvalue weighted by atomic mass is 9.69. The molecule has 39 heavy (non-hydrogen) atoms. The fourth-order valence-corrected chi connectivity index (χ4v) is 6.25. The molecule has 5 rings (SSSR count). The first-order valence-corrected chi connectivity index (χ1v) is 13.6. The molecular weight excluding hydrogens is 493 g/mol. The molecule has 0 radical (unpaired) electrons. The molecule has 1 heterocycles. The summed E-state index contributed by atoms with van der Waals surface area (Å²) in [6, 6.07) is 13.7. The van der Waals surface area contributed by atoms with Gasteiger partial charge in [-0.25, -0.2) is 9.37 Å². The first kappa shape index (κ1) is 26.9. The highest BCUT2D eigenvalue weighted by Crippen LogP contribution is 2.47. The minimum Gasteiger partial charge on any atom is -0.489 e. The van der Waals surface area contributed by atoms with Crippen molar-refractivity contribution in [1.82, 2.24) is 4.98 Å². The maximum atomic E-state index is 15.0. The standard InChI is InChI=1S/C33H36FNO4/c1-32(2)13-6-8-27(32)25-15-21(9-12-24(25)26-17-30(38-4)35-19-29(26)34)20-39-23-11-10-22-7-5-14-33(3,18-31(36)37)28(22)16-23/h8-12,15-17,19H,5-7,13-14,18,20H2,1-4H3,(H,36,37)/t33-/m0/s1. The maximum Gasteiger partial charge on any atom is 0.304 e. The van der Waals surface area contributed by atoms with Crippen molar-refractivity contribution in [1.29, 1.82) is 0 Å². The lowest BCUT2D eigenvalue weighted by molar-refractivity contribution is -0.138. The Bertz CT molecular complexity index is 1440. The number of benzene rings is 2. The van der Waals surface area contributed by atoms with E-state index in [2.05, 4.69) is 37.0 Å². The molecule has 2 aromatic carbocycles. The van der Waals surface area contributed by atoms with E-state index >= 15 is 4.39 Å². The van der Waals surface area contributed by atoms with E-state index in [4.69, 9.17) is 9.47 Å². The number of rotatable bonds is 8. The molecule has 0 aliphatic heterocycles. The summed E-state index contributed by atoms with van der Waals surface area (Å²) in [5.41, 5.74) is 6.27. The van der Waals surface area contributed by atoms with Gasteiger partial charge in [-0.2, -0.15) is 0 Å². The summed E-state index contributed by atoms with van der Waals surface area (Å²) in [5.74, 6) is -0.0810. The highest BCUT2D eigenvalue weighted by molar-refractivity contribution is 5.85. The summed E-state index contributed by atoms with van der Waals surface area (Å²) in [4.78, 5) is 15.6. The van der Waals surface area contributed by atoms with Gasteiger partial charge in [0.2, 0.25) is 5.88 Å². The minimum absolute atomic E-state index is 0.0328. The predicted molar refractivity (Wildman–Crippen MR) is 150 cm³/mol. The van der Waals surface area contributed by atoms with Crippen molar-refractivity contribution in [2.24, 2.45) is 5.41 Å². The van der Waals surface area contributed by atoms with Crippen LogP contribution in [0.15, 0.2) is 54.7 Å². The van der Waals surface area contributed by atoms with Gasteiger partial charge in [-0.3, -0.25) is 4.79 Å². The van der Waals surface area contributed by atoms with Gasteiger partial charge in [0.05, 0.1) is 19.7 Å². The number of ether oxygens (including phenoxy) is 2. The Kier molecular flexibility index (Phi) is 7.23. The van der Waals surface area contributed by atoms with Crippen LogP contribution in [0.1, 0.15) is 75.1 Å². The molecule has 6 heteroatoms. The Morgan fingerprint density at radius 2 is 1.87 bits per heavy atom. The molecule has 1 aromatic heterocycles. The summed E-state index contributed by atoms with van der Waals surface area (Å²) < 4.78 is 26.5. The maximum absolute atomic E-state index is 15.0. The van der Waals surface area contributed by atoms with Gasteiger partial charge in [0.1, 0.15) is 18.2 Å². The van der Waals surface area contributed by atoms with Gasteiger partial charge in [-0.05, 0) is 89.1 Å². The molecule has 0 unspecified atom stereocenters. The number of aryl methyl sites for hydroxylation is 1. The number of halogens is 1. The van der Waals surface area contributed by atoms with E-state index in [1.54, 1.807) is 6.07 Å². The number of aromatic nitrogens is 1. The van der Waals surface area contributed by atoms with Crippen molar-refractivity contribution >= 4 is 11.5 Å². The van der Waals surface area contributed by atoms with E-state index < -0.39 is 17.2 Å². The number of carboxylic acids is 1. The zero-order valence-electron chi connectivity index (χ0n) is 23.1. The molecule has 5 nitrogen and oxygen atoms in total. The van der Waals surface area contributed by atoms with Crippen LogP contribution in [0.5, 0.6) is 11.6 Å². The lowest BCUT2D eigenvalue weighted by Crippen LogP contribution is -2.30. The normalized spacial score (nSPS) is 19.8. The van der Waals surface area contributed by atoms with Crippen molar-refractivity contribution in [3.05, 3.63) is 82.8 Å². The Labute approximate surface area is 229 Å². The fourth-order valence-electron chi connectivity index (χ4n) is 6.25. The van der Waals surface area contributed by atoms with Crippen LogP contribution in [0.4, 0.5) is 4.39 Å². The number of pyridine rings is 1. The molecule has 0 saturated heterocycles. The molecule has 0 saturated carbocycles. The van der Waals surface area contributed by atoms with Gasteiger partial charge in [0, 0.05) is 17.0 Å². The second kappa shape index (κ2) is 10.5. The predicted octanol–water partition coefficient (Wildman–Crippen LogP) is 7.75. The Balaban J connectivity index is 1.47. The monoisotopic (exact) mass is 529 g/mol. The Morgan fingerprint density at radius 3 is 2.59 bits per heavy atom. The van der Waals surface area contributed by atoms with Crippen molar-refractivity contribution in [3.63, 3.8) is 0 Å². The topological polar surface area (TPSA) is 68.7 Å². The van der Waals surface area contributed by atoms with E-state index in [1.807, 2.05) is 31.2 Å². The zero-order chi connectivity index (χ0) is 27.8. The van der Waals surface area contributed by atoms with E-state index in [1.165, 1.54) is 24.4 Å². The van der Waals surface area contributed by atoms with Gasteiger partial charge in [0.15, 0.2) is 0 Å². The van der Waals surface area contributed by atoms with Crippen molar-refractivity contribution in [2.45, 2.75) is 71.3 Å². The summed E-state index contributed by atoms with van der Waals surface area (Å²) in [6.45, 7) is 6.84. The first-order valence-electron chi connectivity index (χ1n) is 13.6. The largest absolute Gasteiger partial charge is 0.489 e. The molecule has 0 amide bonds. The summed E-state index contributed by atoms with van der Waals surface area (Å²) in [5, 5.41) is 9.51. The van der Waals surface area contributed by atoms with Crippen LogP contribution in [0.3, 0.4) is 0 Å². The molecule has 1 atom stereocenters. The van der Waals surface area contributed by atoms with Crippen LogP contribution in [0.25, 0.3) is 16.7 Å². The number of hydrogen-bond acceptors (Lipinski definition) is 4. The number of hydrogen-bond donors (Lipinski definition) is 1. The second-order valence-corrected chi connectivity index (χ2v) is 11.7. The van der Waals surface area contributed by atoms with Gasteiger partial charge in [-0.1, -0.05) is 45.0 Å². The highest BCUT2D eigenvalue weighted by Gasteiger charge is 2.35. The van der Waals surface area contributed by atoms with Crippen LogP contribution in [0, 0.1) is 11.2 Å². The van der Waals surface area contributed by atoms with Gasteiger partial charge in [0.25, 0.3) is 0 Å². The molecular formula is C33H36FNO4. The number of allylic oxidation sites excluding steroid dienone is 2. The molecule has 204 valence electrons. The molecule has 3 aromatic rings. The fraction of sp³-hybridized carbons (Fsp3) is 0.394. The third kappa shape index (κ3) is 5.42. The van der Waals surface area contributed by atoms with E-state index in [9.17, 15) is 9.90 Å². The average Bonchev–Trinajstić information content (AvgIpc) is 3.26. The van der Waals surface area contributed by atoms with E-state index in [-0.39, 0.29) is 11.8 Å². The number of nitrogens with zero attached hydrogens (tertiary/aromatic N) is 1. The Hall–Kier alpha value is -3.67. The van der Waals surface area contributed by atoms with Gasteiger partial charge < -0.3 is 14.6 Å². The SMILES string of the molecule is COc1cc(-c2ccc(COc3ccc4c(c3)[C@](C)(CC(=O)O)CCC4)cc2C2=CCCC2(C)C)c(F)cn1. The molecule has 0 fully saturated rings. The van der Waals surface area contributed by atoms with Crippen LogP contribution in [-0.2, 0) is 23.2 Å². The number of aliphatic carboxylic acids is 1. The Morgan fingerprint density at radius 1 is 1.05 bits per heavy atom. The minimum atomic E-state index is -0.781. The van der Waals surface area contributed by atoms with Crippen LogP contribution in [0.2, 0.25) is 0 Å². The second-order valence-electron chi connectivity index (χ2n) is 11.7. The van der Waals surface area contributed by atoms with Gasteiger partial charge >= 0.3 is 5.97 Å². The average molecular weight is 530 g/mol. The summed E-state index contributed by atoms with van der Waals surface area (Å²) in [6.07, 6.45) is 8.38. The number of carbonyl (C=O) groups is 1. The van der Waals surface area contributed by atoms with Crippen molar-refractivity contribution < 1.29 is 23.8 Å². The van der Waals surface area contributed by atoms with Crippen LogP contribution < -0.4 is 9.47 Å². The van der Waals surface area contributed by atoms with Crippen molar-refractivity contribution in [3.8, 4) is 22.8 Å². The van der Waals surface area contributed by atoms with Crippen LogP contribution in [-0.4, -0.2) is 23.2 Å². The summed E-state index contributed by atoms with van der Waals surface area (Å²) in [7, 11) is 1.53. The molecule has 0 spiro atoms. The van der Waals surface area contributed by atoms with E-state index in [0.29, 0.717) is 18.1 Å². The van der Waals surface area contributed by atoms with Crippen LogP contribution >= 0.6 is 0 Å². The quantitative estimate of drug-likeness (QED) is 0.323. The molecule has 2 aliphatic rings. The smallest absolute Gasteiger partial charge is 0.304 e.